The first-order chi connectivity index (χ1) is 8.27. The molecule has 1 aliphatic heterocycles. The Morgan fingerprint density at radius 2 is 2.29 bits per heavy atom. The van der Waals surface area contributed by atoms with Gasteiger partial charge in [-0.3, -0.25) is 0 Å². The molecule has 0 spiro atoms. The van der Waals surface area contributed by atoms with Crippen LogP contribution in [0.15, 0.2) is 10.8 Å². The fourth-order valence-corrected chi connectivity index (χ4v) is 3.29. The Morgan fingerprint density at radius 1 is 1.41 bits per heavy atom. The molecule has 92 valence electrons. The first kappa shape index (κ1) is 11.7. The third-order valence-corrected chi connectivity index (χ3v) is 4.73. The summed E-state index contributed by atoms with van der Waals surface area (Å²) in [7, 11) is 0. The molecular weight excluding hydrogens is 305 g/mol. The zero-order chi connectivity index (χ0) is 11.8. The van der Waals surface area contributed by atoms with Crippen LogP contribution in [0.2, 0.25) is 5.15 Å². The summed E-state index contributed by atoms with van der Waals surface area (Å²) < 4.78 is 6.58. The van der Waals surface area contributed by atoms with E-state index in [9.17, 15) is 0 Å². The Morgan fingerprint density at radius 3 is 3.18 bits per heavy atom. The van der Waals surface area contributed by atoms with Gasteiger partial charge in [-0.05, 0) is 35.2 Å². The summed E-state index contributed by atoms with van der Waals surface area (Å²) in [6.45, 7) is 1.63. The number of morpholine rings is 1. The lowest BCUT2D eigenvalue weighted by atomic mass is 10.1. The molecule has 2 atom stereocenters. The molecular formula is C11H13BrClN3O. The number of rotatable bonds is 1. The Balaban J connectivity index is 1.94. The minimum absolute atomic E-state index is 0.351. The summed E-state index contributed by atoms with van der Waals surface area (Å²) >= 11 is 9.49. The standard InChI is InChI=1S/C11H13BrClN3O/c12-9-10(13)14-6-15-11(9)16-4-5-17-8-3-1-2-7(8)16/h6-8H,1-5H2. The molecule has 3 rings (SSSR count). The van der Waals surface area contributed by atoms with E-state index >= 15 is 0 Å². The number of aromatic nitrogens is 2. The molecule has 0 N–H and O–H groups in total. The van der Waals surface area contributed by atoms with Crippen molar-refractivity contribution < 1.29 is 4.74 Å². The van der Waals surface area contributed by atoms with Crippen LogP contribution in [0.3, 0.4) is 0 Å². The van der Waals surface area contributed by atoms with Crippen LogP contribution in [0.25, 0.3) is 0 Å². The predicted molar refractivity (Wildman–Crippen MR) is 69.5 cm³/mol. The molecule has 0 radical (unpaired) electrons. The maximum atomic E-state index is 6.02. The van der Waals surface area contributed by atoms with E-state index in [2.05, 4.69) is 30.8 Å². The van der Waals surface area contributed by atoms with Gasteiger partial charge in [0.1, 0.15) is 17.3 Å². The highest BCUT2D eigenvalue weighted by atomic mass is 79.9. The van der Waals surface area contributed by atoms with E-state index < -0.39 is 0 Å². The van der Waals surface area contributed by atoms with Gasteiger partial charge in [0.25, 0.3) is 0 Å². The van der Waals surface area contributed by atoms with Crippen molar-refractivity contribution in [1.82, 2.24) is 9.97 Å². The summed E-state index contributed by atoms with van der Waals surface area (Å²) in [6.07, 6.45) is 5.41. The molecule has 0 bridgehead atoms. The van der Waals surface area contributed by atoms with Gasteiger partial charge in [-0.1, -0.05) is 11.6 Å². The maximum absolute atomic E-state index is 6.02. The normalized spacial score (nSPS) is 28.2. The Hall–Kier alpha value is -0.390. The number of ether oxygens (including phenoxy) is 1. The number of halogens is 2. The van der Waals surface area contributed by atoms with E-state index in [-0.39, 0.29) is 0 Å². The predicted octanol–water partition coefficient (Wildman–Crippen LogP) is 2.65. The van der Waals surface area contributed by atoms with Crippen molar-refractivity contribution in [2.75, 3.05) is 18.1 Å². The number of fused-ring (bicyclic) bond motifs is 1. The molecule has 4 nitrogen and oxygen atoms in total. The highest BCUT2D eigenvalue weighted by molar-refractivity contribution is 9.10. The summed E-state index contributed by atoms with van der Waals surface area (Å²) in [5, 5.41) is 0.469. The zero-order valence-corrected chi connectivity index (χ0v) is 11.6. The highest BCUT2D eigenvalue weighted by Crippen LogP contribution is 2.36. The first-order valence-corrected chi connectivity index (χ1v) is 6.98. The van der Waals surface area contributed by atoms with Crippen LogP contribution in [0.4, 0.5) is 5.82 Å². The second-order valence-corrected chi connectivity index (χ2v) is 5.55. The van der Waals surface area contributed by atoms with Gasteiger partial charge >= 0.3 is 0 Å². The van der Waals surface area contributed by atoms with Crippen molar-refractivity contribution in [3.8, 4) is 0 Å². The molecule has 1 aliphatic carbocycles. The molecule has 6 heteroatoms. The van der Waals surface area contributed by atoms with Crippen LogP contribution in [0.1, 0.15) is 19.3 Å². The first-order valence-electron chi connectivity index (χ1n) is 5.81. The number of hydrogen-bond acceptors (Lipinski definition) is 4. The molecule has 17 heavy (non-hydrogen) atoms. The Kier molecular flexibility index (Phi) is 3.23. The number of nitrogens with zero attached hydrogens (tertiary/aromatic N) is 3. The van der Waals surface area contributed by atoms with E-state index in [0.29, 0.717) is 17.3 Å². The van der Waals surface area contributed by atoms with E-state index in [1.165, 1.54) is 19.2 Å². The molecule has 2 fully saturated rings. The van der Waals surface area contributed by atoms with Crippen molar-refractivity contribution >= 4 is 33.3 Å². The molecule has 0 amide bonds. The van der Waals surface area contributed by atoms with Crippen LogP contribution in [-0.4, -0.2) is 35.3 Å². The maximum Gasteiger partial charge on any atom is 0.148 e. The molecule has 2 unspecified atom stereocenters. The number of hydrogen-bond donors (Lipinski definition) is 0. The van der Waals surface area contributed by atoms with E-state index in [4.69, 9.17) is 16.3 Å². The Bertz CT molecular complexity index is 431. The molecule has 1 aromatic heterocycles. The lowest BCUT2D eigenvalue weighted by Crippen LogP contribution is -2.49. The molecule has 1 saturated heterocycles. The lowest BCUT2D eigenvalue weighted by molar-refractivity contribution is 0.0252. The fraction of sp³-hybridized carbons (Fsp3) is 0.636. The minimum Gasteiger partial charge on any atom is -0.374 e. The average Bonchev–Trinajstić information content (AvgIpc) is 2.81. The summed E-state index contributed by atoms with van der Waals surface area (Å²) in [4.78, 5) is 10.6. The monoisotopic (exact) mass is 317 g/mol. The van der Waals surface area contributed by atoms with Crippen molar-refractivity contribution in [2.24, 2.45) is 0 Å². The van der Waals surface area contributed by atoms with Crippen LogP contribution in [0, 0.1) is 0 Å². The van der Waals surface area contributed by atoms with Crippen molar-refractivity contribution in [3.05, 3.63) is 16.0 Å². The van der Waals surface area contributed by atoms with E-state index in [0.717, 1.165) is 29.9 Å². The van der Waals surface area contributed by atoms with Crippen LogP contribution < -0.4 is 4.90 Å². The van der Waals surface area contributed by atoms with Crippen LogP contribution in [0.5, 0.6) is 0 Å². The summed E-state index contributed by atoms with van der Waals surface area (Å²) in [5.74, 6) is 0.894. The fourth-order valence-electron chi connectivity index (χ4n) is 2.73. The van der Waals surface area contributed by atoms with Crippen molar-refractivity contribution in [1.29, 1.82) is 0 Å². The molecule has 2 aliphatic rings. The second-order valence-electron chi connectivity index (χ2n) is 4.40. The van der Waals surface area contributed by atoms with Gasteiger partial charge in [-0.15, -0.1) is 0 Å². The molecule has 1 aromatic rings. The largest absolute Gasteiger partial charge is 0.374 e. The third-order valence-electron chi connectivity index (χ3n) is 3.48. The lowest BCUT2D eigenvalue weighted by Gasteiger charge is -2.38. The van der Waals surface area contributed by atoms with Gasteiger partial charge in [0, 0.05) is 6.54 Å². The molecule has 1 saturated carbocycles. The second kappa shape index (κ2) is 4.71. The van der Waals surface area contributed by atoms with Gasteiger partial charge in [-0.2, -0.15) is 0 Å². The van der Waals surface area contributed by atoms with Crippen molar-refractivity contribution in [3.63, 3.8) is 0 Å². The topological polar surface area (TPSA) is 38.2 Å². The average molecular weight is 319 g/mol. The number of anilines is 1. The van der Waals surface area contributed by atoms with Crippen LogP contribution >= 0.6 is 27.5 Å². The van der Waals surface area contributed by atoms with Gasteiger partial charge in [0.05, 0.1) is 23.2 Å². The van der Waals surface area contributed by atoms with E-state index in [1.807, 2.05) is 0 Å². The van der Waals surface area contributed by atoms with Crippen LogP contribution in [-0.2, 0) is 4.74 Å². The zero-order valence-electron chi connectivity index (χ0n) is 9.27. The molecule has 0 aromatic carbocycles. The smallest absolute Gasteiger partial charge is 0.148 e. The Labute approximate surface area is 113 Å². The minimum atomic E-state index is 0.351. The molecule has 2 heterocycles. The van der Waals surface area contributed by atoms with E-state index in [1.54, 1.807) is 0 Å². The highest BCUT2D eigenvalue weighted by Gasteiger charge is 2.37. The van der Waals surface area contributed by atoms with Crippen molar-refractivity contribution in [2.45, 2.75) is 31.4 Å². The van der Waals surface area contributed by atoms with Gasteiger partial charge in [-0.25, -0.2) is 9.97 Å². The van der Waals surface area contributed by atoms with Gasteiger partial charge < -0.3 is 9.64 Å². The summed E-state index contributed by atoms with van der Waals surface area (Å²) in [5.41, 5.74) is 0. The third kappa shape index (κ3) is 2.04. The quantitative estimate of drug-likeness (QED) is 0.746. The van der Waals surface area contributed by atoms with Gasteiger partial charge in [0.2, 0.25) is 0 Å². The SMILES string of the molecule is Clc1ncnc(N2CCOC3CCCC32)c1Br. The summed E-state index contributed by atoms with van der Waals surface area (Å²) in [6, 6.07) is 0.436. The van der Waals surface area contributed by atoms with Gasteiger partial charge in [0.15, 0.2) is 0 Å².